The van der Waals surface area contributed by atoms with Gasteiger partial charge in [0.1, 0.15) is 0 Å². The van der Waals surface area contributed by atoms with E-state index in [1.807, 2.05) is 13.8 Å². The molecule has 1 rings (SSSR count). The van der Waals surface area contributed by atoms with Crippen LogP contribution in [0.3, 0.4) is 0 Å². The Kier molecular flexibility index (Phi) is 2.90. The van der Waals surface area contributed by atoms with Crippen LogP contribution in [0.5, 0.6) is 0 Å². The van der Waals surface area contributed by atoms with Gasteiger partial charge < -0.3 is 4.74 Å². The maximum absolute atomic E-state index is 11.6. The van der Waals surface area contributed by atoms with Crippen LogP contribution in [-0.4, -0.2) is 33.0 Å². The molecule has 0 aromatic rings. The lowest BCUT2D eigenvalue weighted by Crippen LogP contribution is -2.38. The van der Waals surface area contributed by atoms with Gasteiger partial charge in [-0.15, -0.1) is 0 Å². The molecular formula is C9H16O4S. The largest absolute Gasteiger partial charge is 0.469 e. The van der Waals surface area contributed by atoms with Crippen molar-refractivity contribution in [1.29, 1.82) is 0 Å². The van der Waals surface area contributed by atoms with Gasteiger partial charge in [-0.05, 0) is 12.3 Å². The van der Waals surface area contributed by atoms with Gasteiger partial charge in [-0.25, -0.2) is 8.42 Å². The Morgan fingerprint density at radius 2 is 2.00 bits per heavy atom. The third-order valence-corrected chi connectivity index (χ3v) is 4.81. The van der Waals surface area contributed by atoms with E-state index in [4.69, 9.17) is 0 Å². The van der Waals surface area contributed by atoms with Gasteiger partial charge in [0.25, 0.3) is 0 Å². The first kappa shape index (κ1) is 11.5. The second-order valence-electron chi connectivity index (χ2n) is 4.14. The number of hydrogen-bond acceptors (Lipinski definition) is 4. The van der Waals surface area contributed by atoms with Crippen LogP contribution in [0.4, 0.5) is 0 Å². The van der Waals surface area contributed by atoms with Crippen molar-refractivity contribution in [1.82, 2.24) is 0 Å². The molecule has 0 spiro atoms. The number of rotatable bonds is 2. The standard InChI is InChI=1S/C9H16O4S/c1-7(2)9(8(10)13-3)4-5-14(11,12)6-9/h7H,4-6H2,1-3H3. The molecule has 1 heterocycles. The van der Waals surface area contributed by atoms with E-state index in [1.54, 1.807) is 0 Å². The van der Waals surface area contributed by atoms with E-state index in [0.717, 1.165) is 0 Å². The van der Waals surface area contributed by atoms with Crippen molar-refractivity contribution in [2.24, 2.45) is 11.3 Å². The van der Waals surface area contributed by atoms with Crippen molar-refractivity contribution in [3.05, 3.63) is 0 Å². The lowest BCUT2D eigenvalue weighted by molar-refractivity contribution is -0.153. The molecule has 1 aliphatic rings. The Morgan fingerprint density at radius 1 is 1.43 bits per heavy atom. The van der Waals surface area contributed by atoms with Crippen molar-refractivity contribution in [3.8, 4) is 0 Å². The fourth-order valence-electron chi connectivity index (χ4n) is 1.93. The molecule has 0 saturated carbocycles. The molecule has 1 unspecified atom stereocenters. The number of sulfone groups is 1. The van der Waals surface area contributed by atoms with Crippen LogP contribution in [0.2, 0.25) is 0 Å². The molecule has 0 bridgehead atoms. The highest BCUT2D eigenvalue weighted by molar-refractivity contribution is 7.91. The smallest absolute Gasteiger partial charge is 0.313 e. The summed E-state index contributed by atoms with van der Waals surface area (Å²) in [7, 11) is -1.75. The number of ether oxygens (including phenoxy) is 1. The second kappa shape index (κ2) is 3.53. The minimum absolute atomic E-state index is 0.00720. The van der Waals surface area contributed by atoms with Crippen molar-refractivity contribution >= 4 is 15.8 Å². The predicted octanol–water partition coefficient (Wildman–Crippen LogP) is 0.620. The van der Waals surface area contributed by atoms with E-state index in [-0.39, 0.29) is 17.4 Å². The molecule has 0 N–H and O–H groups in total. The number of carbonyl (C=O) groups is 1. The Balaban J connectivity index is 3.04. The maximum Gasteiger partial charge on any atom is 0.313 e. The molecule has 0 aromatic carbocycles. The van der Waals surface area contributed by atoms with Crippen molar-refractivity contribution < 1.29 is 17.9 Å². The molecule has 82 valence electrons. The van der Waals surface area contributed by atoms with Crippen molar-refractivity contribution in [2.45, 2.75) is 20.3 Å². The zero-order valence-corrected chi connectivity index (χ0v) is 9.56. The van der Waals surface area contributed by atoms with Gasteiger partial charge in [0.05, 0.1) is 24.0 Å². The van der Waals surface area contributed by atoms with E-state index in [0.29, 0.717) is 6.42 Å². The highest BCUT2D eigenvalue weighted by Gasteiger charge is 2.51. The third kappa shape index (κ3) is 1.78. The molecule has 0 aromatic heterocycles. The first-order valence-corrected chi connectivity index (χ1v) is 6.45. The van der Waals surface area contributed by atoms with Crippen LogP contribution in [0.25, 0.3) is 0 Å². The zero-order valence-electron chi connectivity index (χ0n) is 8.74. The minimum Gasteiger partial charge on any atom is -0.469 e. The molecule has 1 aliphatic heterocycles. The van der Waals surface area contributed by atoms with Crippen LogP contribution in [0, 0.1) is 11.3 Å². The Morgan fingerprint density at radius 3 is 2.29 bits per heavy atom. The number of methoxy groups -OCH3 is 1. The van der Waals surface area contributed by atoms with E-state index in [9.17, 15) is 13.2 Å². The topological polar surface area (TPSA) is 60.4 Å². The highest BCUT2D eigenvalue weighted by atomic mass is 32.2. The molecule has 0 radical (unpaired) electrons. The quantitative estimate of drug-likeness (QED) is 0.640. The predicted molar refractivity (Wildman–Crippen MR) is 52.6 cm³/mol. The summed E-state index contributed by atoms with van der Waals surface area (Å²) in [5, 5.41) is 0. The van der Waals surface area contributed by atoms with E-state index in [1.165, 1.54) is 7.11 Å². The molecule has 1 fully saturated rings. The summed E-state index contributed by atoms with van der Waals surface area (Å²) in [6.07, 6.45) is 0.389. The normalized spacial score (nSPS) is 30.6. The second-order valence-corrected chi connectivity index (χ2v) is 6.33. The average molecular weight is 220 g/mol. The summed E-state index contributed by atoms with van der Waals surface area (Å²) < 4.78 is 27.4. The Labute approximate surface area is 84.6 Å². The highest BCUT2D eigenvalue weighted by Crippen LogP contribution is 2.40. The molecule has 0 aliphatic carbocycles. The summed E-state index contributed by atoms with van der Waals surface area (Å²) in [5.74, 6) is -0.370. The van der Waals surface area contributed by atoms with Gasteiger partial charge in [0, 0.05) is 0 Å². The van der Waals surface area contributed by atoms with Crippen LogP contribution in [0.15, 0.2) is 0 Å². The molecule has 4 nitrogen and oxygen atoms in total. The van der Waals surface area contributed by atoms with Gasteiger partial charge in [-0.3, -0.25) is 4.79 Å². The molecule has 5 heteroatoms. The third-order valence-electron chi connectivity index (χ3n) is 3.03. The van der Waals surface area contributed by atoms with Gasteiger partial charge in [0.2, 0.25) is 0 Å². The summed E-state index contributed by atoms with van der Waals surface area (Å²) in [6.45, 7) is 3.72. The zero-order chi connectivity index (χ0) is 11.0. The van der Waals surface area contributed by atoms with Crippen LogP contribution >= 0.6 is 0 Å². The molecule has 1 atom stereocenters. The van der Waals surface area contributed by atoms with E-state index >= 15 is 0 Å². The molecule has 14 heavy (non-hydrogen) atoms. The number of esters is 1. The van der Waals surface area contributed by atoms with Crippen molar-refractivity contribution in [3.63, 3.8) is 0 Å². The first-order chi connectivity index (χ1) is 6.34. The summed E-state index contributed by atoms with van der Waals surface area (Å²) in [5.41, 5.74) is -0.812. The van der Waals surface area contributed by atoms with Gasteiger partial charge >= 0.3 is 5.97 Å². The Hall–Kier alpha value is -0.580. The number of carbonyl (C=O) groups excluding carboxylic acids is 1. The monoisotopic (exact) mass is 220 g/mol. The lowest BCUT2D eigenvalue weighted by atomic mass is 9.77. The van der Waals surface area contributed by atoms with Crippen LogP contribution < -0.4 is 0 Å². The van der Waals surface area contributed by atoms with Crippen LogP contribution in [-0.2, 0) is 19.4 Å². The summed E-state index contributed by atoms with van der Waals surface area (Å²) in [4.78, 5) is 11.6. The minimum atomic E-state index is -3.05. The lowest BCUT2D eigenvalue weighted by Gasteiger charge is -2.28. The Bertz CT molecular complexity index is 331. The van der Waals surface area contributed by atoms with Gasteiger partial charge in [-0.2, -0.15) is 0 Å². The fourth-order valence-corrected chi connectivity index (χ4v) is 4.13. The van der Waals surface area contributed by atoms with Crippen LogP contribution in [0.1, 0.15) is 20.3 Å². The van der Waals surface area contributed by atoms with E-state index in [2.05, 4.69) is 4.74 Å². The molecule has 0 amide bonds. The molecular weight excluding hydrogens is 204 g/mol. The number of hydrogen-bond donors (Lipinski definition) is 0. The van der Waals surface area contributed by atoms with E-state index < -0.39 is 21.2 Å². The summed E-state index contributed by atoms with van der Waals surface area (Å²) >= 11 is 0. The average Bonchev–Trinajstić information content (AvgIpc) is 2.42. The van der Waals surface area contributed by atoms with Crippen molar-refractivity contribution in [2.75, 3.05) is 18.6 Å². The fraction of sp³-hybridized carbons (Fsp3) is 0.889. The van der Waals surface area contributed by atoms with Gasteiger partial charge in [0.15, 0.2) is 9.84 Å². The SMILES string of the molecule is COC(=O)C1(C(C)C)CCS(=O)(=O)C1. The summed E-state index contributed by atoms with van der Waals surface area (Å²) in [6, 6.07) is 0. The molecule has 1 saturated heterocycles. The van der Waals surface area contributed by atoms with Gasteiger partial charge in [-0.1, -0.05) is 13.8 Å². The maximum atomic E-state index is 11.6. The first-order valence-electron chi connectivity index (χ1n) is 4.63.